The molecular formula is C30H38N6O. The van der Waals surface area contributed by atoms with Crippen LogP contribution >= 0.6 is 0 Å². The minimum atomic E-state index is -0.0201. The molecule has 7 heteroatoms. The Kier molecular flexibility index (Phi) is 7.79. The van der Waals surface area contributed by atoms with Gasteiger partial charge in [-0.15, -0.1) is 5.10 Å². The van der Waals surface area contributed by atoms with Gasteiger partial charge in [0.2, 0.25) is 0 Å². The fraction of sp³-hybridized carbons (Fsp3) is 0.467. The van der Waals surface area contributed by atoms with Crippen LogP contribution in [-0.2, 0) is 13.0 Å². The number of rotatable bonds is 10. The Labute approximate surface area is 218 Å². The zero-order chi connectivity index (χ0) is 25.8. The first kappa shape index (κ1) is 25.3. The van der Waals surface area contributed by atoms with Gasteiger partial charge in [-0.1, -0.05) is 68.7 Å². The molecule has 0 bridgehead atoms. The molecule has 1 atom stereocenters. The standard InChI is InChI=1S/C30H38N6O/c1-4-10-27(29-32-33-34-36(29)26-15-7-8-16-26)35(18-17-23-13-6-5-11-21(23)2)20-25-19-24-14-9-12-22(3)28(24)31-30(25)37/h5-6,9,11-14,19,26-27H,4,7-8,10,15-18,20H2,1-3H3,(H,31,37)/t27-/m1/s1. The summed E-state index contributed by atoms with van der Waals surface area (Å²) >= 11 is 0. The van der Waals surface area contributed by atoms with Crippen LogP contribution in [0.25, 0.3) is 10.9 Å². The zero-order valence-electron chi connectivity index (χ0n) is 22.3. The highest BCUT2D eigenvalue weighted by Crippen LogP contribution is 2.33. The Bertz CT molecular complexity index is 1400. The summed E-state index contributed by atoms with van der Waals surface area (Å²) in [7, 11) is 0. The van der Waals surface area contributed by atoms with Gasteiger partial charge >= 0.3 is 0 Å². The van der Waals surface area contributed by atoms with Crippen molar-refractivity contribution < 1.29 is 0 Å². The Morgan fingerprint density at radius 3 is 2.62 bits per heavy atom. The van der Waals surface area contributed by atoms with Crippen LogP contribution < -0.4 is 5.56 Å². The summed E-state index contributed by atoms with van der Waals surface area (Å²) in [6, 6.07) is 17.2. The van der Waals surface area contributed by atoms with Crippen molar-refractivity contribution in [2.24, 2.45) is 0 Å². The van der Waals surface area contributed by atoms with Gasteiger partial charge in [-0.2, -0.15) is 0 Å². The average Bonchev–Trinajstić information content (AvgIpc) is 3.59. The lowest BCUT2D eigenvalue weighted by Crippen LogP contribution is -2.35. The molecule has 2 aromatic carbocycles. The fourth-order valence-corrected chi connectivity index (χ4v) is 5.84. The van der Waals surface area contributed by atoms with Gasteiger partial charge in [0.15, 0.2) is 5.82 Å². The number of hydrogen-bond donors (Lipinski definition) is 1. The largest absolute Gasteiger partial charge is 0.321 e. The summed E-state index contributed by atoms with van der Waals surface area (Å²) in [4.78, 5) is 18.8. The van der Waals surface area contributed by atoms with E-state index in [9.17, 15) is 4.79 Å². The third-order valence-corrected chi connectivity index (χ3v) is 7.96. The van der Waals surface area contributed by atoms with E-state index < -0.39 is 0 Å². The van der Waals surface area contributed by atoms with Crippen molar-refractivity contribution >= 4 is 10.9 Å². The van der Waals surface area contributed by atoms with Crippen LogP contribution in [0.2, 0.25) is 0 Å². The molecule has 194 valence electrons. The molecule has 1 aliphatic rings. The Morgan fingerprint density at radius 2 is 1.84 bits per heavy atom. The molecule has 4 aromatic rings. The summed E-state index contributed by atoms with van der Waals surface area (Å²) in [5.74, 6) is 0.937. The lowest BCUT2D eigenvalue weighted by atomic mass is 10.0. The minimum Gasteiger partial charge on any atom is -0.321 e. The van der Waals surface area contributed by atoms with Gasteiger partial charge < -0.3 is 4.98 Å². The number of aromatic amines is 1. The second-order valence-corrected chi connectivity index (χ2v) is 10.5. The number of fused-ring (bicyclic) bond motifs is 1. The van der Waals surface area contributed by atoms with E-state index in [4.69, 9.17) is 0 Å². The van der Waals surface area contributed by atoms with E-state index in [1.807, 2.05) is 19.1 Å². The van der Waals surface area contributed by atoms with E-state index in [1.54, 1.807) is 0 Å². The lowest BCUT2D eigenvalue weighted by molar-refractivity contribution is 0.163. The van der Waals surface area contributed by atoms with E-state index >= 15 is 0 Å². The third kappa shape index (κ3) is 5.52. The predicted molar refractivity (Wildman–Crippen MR) is 148 cm³/mol. The van der Waals surface area contributed by atoms with Crippen LogP contribution in [-0.4, -0.2) is 36.6 Å². The highest BCUT2D eigenvalue weighted by atomic mass is 16.1. The number of pyridine rings is 1. The molecule has 0 unspecified atom stereocenters. The molecule has 0 saturated heterocycles. The predicted octanol–water partition coefficient (Wildman–Crippen LogP) is 5.83. The van der Waals surface area contributed by atoms with Crippen molar-refractivity contribution in [2.75, 3.05) is 6.54 Å². The van der Waals surface area contributed by atoms with Gasteiger partial charge in [0.25, 0.3) is 5.56 Å². The van der Waals surface area contributed by atoms with Crippen LogP contribution in [0.15, 0.2) is 53.3 Å². The maximum absolute atomic E-state index is 13.3. The van der Waals surface area contributed by atoms with E-state index in [1.165, 1.54) is 24.0 Å². The van der Waals surface area contributed by atoms with Crippen molar-refractivity contribution in [3.63, 3.8) is 0 Å². The van der Waals surface area contributed by atoms with Crippen molar-refractivity contribution in [2.45, 2.75) is 84.3 Å². The molecule has 2 aromatic heterocycles. The number of benzene rings is 2. The molecule has 1 fully saturated rings. The Hall–Kier alpha value is -3.32. The fourth-order valence-electron chi connectivity index (χ4n) is 5.84. The van der Waals surface area contributed by atoms with E-state index in [0.717, 1.165) is 66.5 Å². The summed E-state index contributed by atoms with van der Waals surface area (Å²) in [5, 5.41) is 14.2. The maximum Gasteiger partial charge on any atom is 0.252 e. The smallest absolute Gasteiger partial charge is 0.252 e. The lowest BCUT2D eigenvalue weighted by Gasteiger charge is -2.31. The number of nitrogens with zero attached hydrogens (tertiary/aromatic N) is 5. The molecular weight excluding hydrogens is 460 g/mol. The molecule has 0 amide bonds. The third-order valence-electron chi connectivity index (χ3n) is 7.96. The normalized spacial score (nSPS) is 15.1. The van der Waals surface area contributed by atoms with Crippen molar-refractivity contribution in [3.8, 4) is 0 Å². The second-order valence-electron chi connectivity index (χ2n) is 10.5. The molecule has 0 radical (unpaired) electrons. The zero-order valence-corrected chi connectivity index (χ0v) is 22.3. The molecule has 7 nitrogen and oxygen atoms in total. The molecule has 0 aliphatic heterocycles. The molecule has 5 rings (SSSR count). The van der Waals surface area contributed by atoms with E-state index in [-0.39, 0.29) is 11.6 Å². The van der Waals surface area contributed by atoms with Gasteiger partial charge in [-0.3, -0.25) is 9.69 Å². The van der Waals surface area contributed by atoms with Gasteiger partial charge in [0, 0.05) is 18.7 Å². The van der Waals surface area contributed by atoms with Gasteiger partial charge in [-0.25, -0.2) is 4.68 Å². The topological polar surface area (TPSA) is 79.7 Å². The molecule has 1 N–H and O–H groups in total. The summed E-state index contributed by atoms with van der Waals surface area (Å²) in [5.41, 5.74) is 5.39. The van der Waals surface area contributed by atoms with Gasteiger partial charge in [0.05, 0.1) is 17.6 Å². The average molecular weight is 499 g/mol. The summed E-state index contributed by atoms with van der Waals surface area (Å²) < 4.78 is 2.09. The van der Waals surface area contributed by atoms with Crippen molar-refractivity contribution in [1.82, 2.24) is 30.1 Å². The van der Waals surface area contributed by atoms with Crippen LogP contribution in [0.1, 0.15) is 85.6 Å². The first-order chi connectivity index (χ1) is 18.0. The molecule has 37 heavy (non-hydrogen) atoms. The monoisotopic (exact) mass is 498 g/mol. The second kappa shape index (κ2) is 11.4. The highest BCUT2D eigenvalue weighted by Gasteiger charge is 2.30. The summed E-state index contributed by atoms with van der Waals surface area (Å²) in [6.07, 6.45) is 7.56. The SMILES string of the molecule is CCC[C@H](c1nnnn1C1CCCC1)N(CCc1ccccc1C)Cc1cc2cccc(C)c2[nH]c1=O. The van der Waals surface area contributed by atoms with Gasteiger partial charge in [0.1, 0.15) is 0 Å². The van der Waals surface area contributed by atoms with Crippen LogP contribution in [0.4, 0.5) is 0 Å². The van der Waals surface area contributed by atoms with Crippen LogP contribution in [0.5, 0.6) is 0 Å². The quantitative estimate of drug-likeness (QED) is 0.297. The molecule has 0 spiro atoms. The number of aryl methyl sites for hydroxylation is 2. The number of aromatic nitrogens is 5. The minimum absolute atomic E-state index is 0.0201. The van der Waals surface area contributed by atoms with E-state index in [2.05, 4.69) is 80.3 Å². The number of hydrogen-bond acceptors (Lipinski definition) is 5. The Morgan fingerprint density at radius 1 is 1.05 bits per heavy atom. The van der Waals surface area contributed by atoms with Crippen LogP contribution in [0, 0.1) is 13.8 Å². The van der Waals surface area contributed by atoms with Gasteiger partial charge in [-0.05, 0) is 78.1 Å². The first-order valence-corrected chi connectivity index (χ1v) is 13.7. The summed E-state index contributed by atoms with van der Waals surface area (Å²) in [6.45, 7) is 7.78. The highest BCUT2D eigenvalue weighted by molar-refractivity contribution is 5.81. The maximum atomic E-state index is 13.3. The van der Waals surface area contributed by atoms with E-state index in [0.29, 0.717) is 12.6 Å². The number of para-hydroxylation sites is 1. The Balaban J connectivity index is 1.52. The molecule has 1 aliphatic carbocycles. The van der Waals surface area contributed by atoms with Crippen LogP contribution in [0.3, 0.4) is 0 Å². The number of tetrazole rings is 1. The van der Waals surface area contributed by atoms with Crippen molar-refractivity contribution in [3.05, 3.63) is 87.0 Å². The van der Waals surface area contributed by atoms with Crippen molar-refractivity contribution in [1.29, 1.82) is 0 Å². The number of H-pyrrole nitrogens is 1. The first-order valence-electron chi connectivity index (χ1n) is 13.7. The molecule has 1 saturated carbocycles. The number of nitrogens with one attached hydrogen (secondary N) is 1. The molecule has 2 heterocycles.